The van der Waals surface area contributed by atoms with Gasteiger partial charge >= 0.3 is 0 Å². The summed E-state index contributed by atoms with van der Waals surface area (Å²) in [6.07, 6.45) is 0. The molecule has 3 rings (SSSR count). The van der Waals surface area contributed by atoms with Crippen LogP contribution in [0.3, 0.4) is 0 Å². The van der Waals surface area contributed by atoms with Crippen LogP contribution in [0.25, 0.3) is 0 Å². The minimum Gasteiger partial charge on any atom is -0.235 e. The molecule has 0 aliphatic carbocycles. The van der Waals surface area contributed by atoms with Gasteiger partial charge in [-0.3, -0.25) is 0 Å². The maximum atomic E-state index is 5.79. The topological polar surface area (TPSA) is 36.9 Å². The molecule has 0 aliphatic heterocycles. The van der Waals surface area contributed by atoms with E-state index in [9.17, 15) is 0 Å². The van der Waals surface area contributed by atoms with Gasteiger partial charge in [-0.05, 0) is 77.6 Å². The lowest BCUT2D eigenvalue weighted by atomic mass is 9.73. The molecule has 0 saturated heterocycles. The predicted molar refractivity (Wildman–Crippen MR) is 146 cm³/mol. The summed E-state index contributed by atoms with van der Waals surface area (Å²) in [6, 6.07) is 29.6. The molecule has 2 unspecified atom stereocenters. The van der Waals surface area contributed by atoms with Crippen LogP contribution in [-0.4, -0.2) is 24.4 Å². The van der Waals surface area contributed by atoms with Crippen LogP contribution in [0.4, 0.5) is 0 Å². The minimum absolute atomic E-state index is 0.381. The first kappa shape index (κ1) is 28.1. The van der Waals surface area contributed by atoms with Gasteiger partial charge in [0.2, 0.25) is 0 Å². The van der Waals surface area contributed by atoms with Crippen molar-refractivity contribution in [1.82, 2.24) is 0 Å². The van der Waals surface area contributed by atoms with Crippen LogP contribution in [0.2, 0.25) is 0 Å². The molecule has 0 aliphatic rings. The molecule has 0 spiro atoms. The van der Waals surface area contributed by atoms with E-state index in [1.807, 2.05) is 53.7 Å². The fourth-order valence-electron chi connectivity index (χ4n) is 4.13. The number of hydrogen-bond acceptors (Lipinski definition) is 4. The molecule has 194 valence electrons. The molecule has 0 aromatic heterocycles. The Morgan fingerprint density at radius 2 is 0.694 bits per heavy atom. The van der Waals surface area contributed by atoms with Crippen LogP contribution in [0.5, 0.6) is 0 Å². The fraction of sp³-hybridized carbons (Fsp3) is 0.438. The van der Waals surface area contributed by atoms with E-state index in [2.05, 4.69) is 86.6 Å². The second-order valence-corrected chi connectivity index (χ2v) is 11.9. The largest absolute Gasteiger partial charge is 0.235 e. The quantitative estimate of drug-likeness (QED) is 0.215. The van der Waals surface area contributed by atoms with E-state index in [-0.39, 0.29) is 22.0 Å². The van der Waals surface area contributed by atoms with Crippen molar-refractivity contribution in [1.29, 1.82) is 0 Å². The van der Waals surface area contributed by atoms with E-state index >= 15 is 0 Å². The lowest BCUT2D eigenvalue weighted by Gasteiger charge is -2.34. The second kappa shape index (κ2) is 11.3. The van der Waals surface area contributed by atoms with E-state index in [1.165, 1.54) is 11.1 Å². The highest BCUT2D eigenvalue weighted by Gasteiger charge is 2.34. The summed E-state index contributed by atoms with van der Waals surface area (Å²) in [4.78, 5) is 22.9. The summed E-state index contributed by atoms with van der Waals surface area (Å²) in [5.74, 6) is 0. The SMILES string of the molecule is CC(C)(C)OOCC(C)(c1ccccc1)c1ccc(C(C)(COOC(C)(C)C)c2ccccc2)cc1. The van der Waals surface area contributed by atoms with Crippen molar-refractivity contribution < 1.29 is 19.6 Å². The van der Waals surface area contributed by atoms with Gasteiger partial charge in [-0.15, -0.1) is 0 Å². The zero-order chi connectivity index (χ0) is 26.5. The average molecular weight is 491 g/mol. The van der Waals surface area contributed by atoms with Crippen molar-refractivity contribution in [3.63, 3.8) is 0 Å². The van der Waals surface area contributed by atoms with Gasteiger partial charge in [0, 0.05) is 10.8 Å². The molecule has 36 heavy (non-hydrogen) atoms. The third kappa shape index (κ3) is 7.27. The Morgan fingerprint density at radius 1 is 0.417 bits per heavy atom. The highest BCUT2D eigenvalue weighted by atomic mass is 17.2. The molecule has 0 saturated carbocycles. The zero-order valence-corrected chi connectivity index (χ0v) is 23.1. The van der Waals surface area contributed by atoms with Crippen LogP contribution < -0.4 is 0 Å². The molecule has 0 N–H and O–H groups in total. The molecule has 3 aromatic carbocycles. The van der Waals surface area contributed by atoms with Crippen LogP contribution in [0.1, 0.15) is 77.6 Å². The summed E-state index contributed by atoms with van der Waals surface area (Å²) in [5, 5.41) is 0. The van der Waals surface area contributed by atoms with Gasteiger partial charge in [-0.1, -0.05) is 84.9 Å². The minimum atomic E-state index is -0.389. The third-order valence-corrected chi connectivity index (χ3v) is 6.29. The van der Waals surface area contributed by atoms with Crippen molar-refractivity contribution in [2.24, 2.45) is 0 Å². The van der Waals surface area contributed by atoms with Gasteiger partial charge in [0.05, 0.1) is 24.4 Å². The highest BCUT2D eigenvalue weighted by Crippen LogP contribution is 2.37. The van der Waals surface area contributed by atoms with Gasteiger partial charge < -0.3 is 0 Å². The molecule has 0 fully saturated rings. The van der Waals surface area contributed by atoms with E-state index in [1.54, 1.807) is 0 Å². The summed E-state index contributed by atoms with van der Waals surface area (Å²) < 4.78 is 0. The van der Waals surface area contributed by atoms with Gasteiger partial charge in [0.1, 0.15) is 0 Å². The first-order valence-corrected chi connectivity index (χ1v) is 12.7. The standard InChI is InChI=1S/C32H42O4/c1-29(2,3)35-33-23-31(7,25-15-11-9-12-16-25)27-19-21-28(22-20-27)32(8,24-34-36-30(4,5)6)26-17-13-10-14-18-26/h9-22H,23-24H2,1-8H3. The Hall–Kier alpha value is -2.50. The lowest BCUT2D eigenvalue weighted by molar-refractivity contribution is -0.353. The predicted octanol–water partition coefficient (Wildman–Crippen LogP) is 7.79. The van der Waals surface area contributed by atoms with Crippen molar-refractivity contribution in [2.45, 2.75) is 77.4 Å². The molecular weight excluding hydrogens is 448 g/mol. The van der Waals surface area contributed by atoms with Gasteiger partial charge in [0.25, 0.3) is 0 Å². The summed E-state index contributed by atoms with van der Waals surface area (Å²) in [6.45, 7) is 17.1. The van der Waals surface area contributed by atoms with Crippen LogP contribution >= 0.6 is 0 Å². The summed E-state index contributed by atoms with van der Waals surface area (Å²) in [7, 11) is 0. The zero-order valence-electron chi connectivity index (χ0n) is 23.1. The molecular formula is C32H42O4. The number of rotatable bonds is 10. The molecule has 2 atom stereocenters. The third-order valence-electron chi connectivity index (χ3n) is 6.29. The Balaban J connectivity index is 1.95. The number of hydrogen-bond donors (Lipinski definition) is 0. The molecule has 0 bridgehead atoms. The molecule has 4 nitrogen and oxygen atoms in total. The van der Waals surface area contributed by atoms with E-state index < -0.39 is 0 Å². The number of benzene rings is 3. The molecule has 3 aromatic rings. The first-order valence-electron chi connectivity index (χ1n) is 12.7. The maximum Gasteiger partial charge on any atom is 0.0957 e. The van der Waals surface area contributed by atoms with Crippen molar-refractivity contribution >= 4 is 0 Å². The van der Waals surface area contributed by atoms with Crippen LogP contribution in [0, 0.1) is 0 Å². The summed E-state index contributed by atoms with van der Waals surface area (Å²) in [5.41, 5.74) is 3.10. The van der Waals surface area contributed by atoms with Crippen LogP contribution in [0.15, 0.2) is 84.9 Å². The maximum absolute atomic E-state index is 5.79. The van der Waals surface area contributed by atoms with Gasteiger partial charge in [-0.25, -0.2) is 19.6 Å². The van der Waals surface area contributed by atoms with E-state index in [4.69, 9.17) is 19.6 Å². The van der Waals surface area contributed by atoms with Crippen molar-refractivity contribution in [2.75, 3.05) is 13.2 Å². The van der Waals surface area contributed by atoms with Crippen molar-refractivity contribution in [3.05, 3.63) is 107 Å². The Kier molecular flexibility index (Phi) is 8.79. The van der Waals surface area contributed by atoms with Gasteiger partial charge in [-0.2, -0.15) is 0 Å². The average Bonchev–Trinajstić information content (AvgIpc) is 2.83. The molecule has 0 heterocycles. The molecule has 0 radical (unpaired) electrons. The second-order valence-electron chi connectivity index (χ2n) is 11.9. The van der Waals surface area contributed by atoms with Crippen LogP contribution in [-0.2, 0) is 30.4 Å². The Morgan fingerprint density at radius 3 is 0.972 bits per heavy atom. The highest BCUT2D eigenvalue weighted by molar-refractivity contribution is 5.44. The molecule has 0 amide bonds. The lowest BCUT2D eigenvalue weighted by Crippen LogP contribution is -2.33. The normalized spacial score (nSPS) is 15.8. The first-order chi connectivity index (χ1) is 16.8. The van der Waals surface area contributed by atoms with E-state index in [0.717, 1.165) is 11.1 Å². The Labute approximate surface area is 217 Å². The smallest absolute Gasteiger partial charge is 0.0957 e. The van der Waals surface area contributed by atoms with Gasteiger partial charge in [0.15, 0.2) is 0 Å². The monoisotopic (exact) mass is 490 g/mol. The fourth-order valence-corrected chi connectivity index (χ4v) is 4.13. The summed E-state index contributed by atoms with van der Waals surface area (Å²) >= 11 is 0. The van der Waals surface area contributed by atoms with E-state index in [0.29, 0.717) is 13.2 Å². The Bertz CT molecular complexity index is 977. The van der Waals surface area contributed by atoms with Crippen molar-refractivity contribution in [3.8, 4) is 0 Å². The molecule has 4 heteroatoms.